The summed E-state index contributed by atoms with van der Waals surface area (Å²) in [5, 5.41) is 10.6. The van der Waals surface area contributed by atoms with Gasteiger partial charge in [0.1, 0.15) is 24.2 Å². The van der Waals surface area contributed by atoms with Crippen molar-refractivity contribution in [1.29, 1.82) is 0 Å². The van der Waals surface area contributed by atoms with Crippen LogP contribution in [0.4, 0.5) is 0 Å². The molecule has 6 nitrogen and oxygen atoms in total. The number of rotatable bonds is 11. The summed E-state index contributed by atoms with van der Waals surface area (Å²) in [6, 6.07) is 15.9. The van der Waals surface area contributed by atoms with Gasteiger partial charge >= 0.3 is 0 Å². The third-order valence-corrected chi connectivity index (χ3v) is 5.46. The lowest BCUT2D eigenvalue weighted by molar-refractivity contribution is 0.0255. The average molecular weight is 415 g/mol. The van der Waals surface area contributed by atoms with E-state index >= 15 is 0 Å². The lowest BCUT2D eigenvalue weighted by Crippen LogP contribution is -2.43. The molecule has 1 fully saturated rings. The fourth-order valence-electron chi connectivity index (χ4n) is 3.59. The zero-order valence-electron chi connectivity index (χ0n) is 18.1. The standard InChI is InChI=1S/C24H34N2O4/c1-20-5-3-4-6-21(20)17-26(12-11-25-13-15-29-16-14-25)18-22(27)19-30-24-9-7-23(28-2)8-10-24/h3-10,22,27H,11-19H2,1-2H3. The molecule has 0 radical (unpaired) electrons. The smallest absolute Gasteiger partial charge is 0.119 e. The van der Waals surface area contributed by atoms with Crippen molar-refractivity contribution >= 4 is 0 Å². The second-order valence-electron chi connectivity index (χ2n) is 7.76. The zero-order valence-corrected chi connectivity index (χ0v) is 18.1. The Morgan fingerprint density at radius 1 is 1.07 bits per heavy atom. The van der Waals surface area contributed by atoms with Crippen molar-refractivity contribution in [1.82, 2.24) is 9.80 Å². The van der Waals surface area contributed by atoms with Crippen LogP contribution in [0.3, 0.4) is 0 Å². The van der Waals surface area contributed by atoms with Gasteiger partial charge in [-0.3, -0.25) is 9.80 Å². The number of hydrogen-bond acceptors (Lipinski definition) is 6. The van der Waals surface area contributed by atoms with Gasteiger partial charge in [-0.05, 0) is 42.3 Å². The molecule has 1 atom stereocenters. The number of aliphatic hydroxyl groups is 1. The molecule has 2 aromatic carbocycles. The van der Waals surface area contributed by atoms with Crippen LogP contribution < -0.4 is 9.47 Å². The molecule has 0 spiro atoms. The maximum Gasteiger partial charge on any atom is 0.119 e. The van der Waals surface area contributed by atoms with E-state index in [9.17, 15) is 5.11 Å². The van der Waals surface area contributed by atoms with Crippen molar-refractivity contribution in [3.8, 4) is 11.5 Å². The number of morpholine rings is 1. The quantitative estimate of drug-likeness (QED) is 0.610. The van der Waals surface area contributed by atoms with Crippen LogP contribution in [0.2, 0.25) is 0 Å². The molecule has 3 rings (SSSR count). The van der Waals surface area contributed by atoms with E-state index < -0.39 is 6.10 Å². The number of nitrogens with zero attached hydrogens (tertiary/aromatic N) is 2. The first kappa shape index (κ1) is 22.6. The van der Waals surface area contributed by atoms with Crippen LogP contribution in [0.5, 0.6) is 11.5 Å². The highest BCUT2D eigenvalue weighted by Gasteiger charge is 2.17. The fourth-order valence-corrected chi connectivity index (χ4v) is 3.59. The highest BCUT2D eigenvalue weighted by atomic mass is 16.5. The van der Waals surface area contributed by atoms with Crippen molar-refractivity contribution in [3.63, 3.8) is 0 Å². The van der Waals surface area contributed by atoms with E-state index in [0.717, 1.165) is 57.4 Å². The number of methoxy groups -OCH3 is 1. The second-order valence-corrected chi connectivity index (χ2v) is 7.76. The Labute approximate surface area is 180 Å². The Hall–Kier alpha value is -2.12. The van der Waals surface area contributed by atoms with E-state index in [1.807, 2.05) is 24.3 Å². The molecule has 0 amide bonds. The van der Waals surface area contributed by atoms with Crippen LogP contribution in [0.1, 0.15) is 11.1 Å². The van der Waals surface area contributed by atoms with Gasteiger partial charge in [-0.2, -0.15) is 0 Å². The lowest BCUT2D eigenvalue weighted by Gasteiger charge is -2.31. The number of hydrogen-bond donors (Lipinski definition) is 1. The molecule has 2 aromatic rings. The molecule has 1 aliphatic heterocycles. The minimum atomic E-state index is -0.569. The normalized spacial score (nSPS) is 15.9. The highest BCUT2D eigenvalue weighted by Crippen LogP contribution is 2.17. The summed E-state index contributed by atoms with van der Waals surface area (Å²) in [7, 11) is 1.64. The summed E-state index contributed by atoms with van der Waals surface area (Å²) in [6.07, 6.45) is -0.569. The third-order valence-electron chi connectivity index (χ3n) is 5.46. The predicted octanol–water partition coefficient (Wildman–Crippen LogP) is 2.58. The molecular weight excluding hydrogens is 380 g/mol. The van der Waals surface area contributed by atoms with Crippen molar-refractivity contribution < 1.29 is 19.3 Å². The van der Waals surface area contributed by atoms with E-state index in [1.165, 1.54) is 11.1 Å². The van der Waals surface area contributed by atoms with Gasteiger partial charge in [0, 0.05) is 39.3 Å². The number of aryl methyl sites for hydroxylation is 1. The van der Waals surface area contributed by atoms with Gasteiger partial charge in [0.15, 0.2) is 0 Å². The number of aliphatic hydroxyl groups excluding tert-OH is 1. The van der Waals surface area contributed by atoms with Crippen molar-refractivity contribution in [2.24, 2.45) is 0 Å². The summed E-state index contributed by atoms with van der Waals surface area (Å²) in [5.74, 6) is 1.52. The largest absolute Gasteiger partial charge is 0.497 e. The zero-order chi connectivity index (χ0) is 21.2. The van der Waals surface area contributed by atoms with E-state index in [4.69, 9.17) is 14.2 Å². The minimum Gasteiger partial charge on any atom is -0.497 e. The lowest BCUT2D eigenvalue weighted by atomic mass is 10.1. The van der Waals surface area contributed by atoms with Crippen molar-refractivity contribution in [2.75, 3.05) is 59.7 Å². The van der Waals surface area contributed by atoms with Gasteiger partial charge in [0.25, 0.3) is 0 Å². The number of benzene rings is 2. The highest BCUT2D eigenvalue weighted by molar-refractivity contribution is 5.31. The van der Waals surface area contributed by atoms with E-state index in [-0.39, 0.29) is 6.61 Å². The first-order valence-electron chi connectivity index (χ1n) is 10.7. The van der Waals surface area contributed by atoms with Crippen LogP contribution in [-0.2, 0) is 11.3 Å². The molecule has 0 aromatic heterocycles. The molecule has 6 heteroatoms. The van der Waals surface area contributed by atoms with Gasteiger partial charge in [-0.1, -0.05) is 24.3 Å². The molecule has 1 N–H and O–H groups in total. The molecule has 0 bridgehead atoms. The van der Waals surface area contributed by atoms with Gasteiger partial charge in [0.2, 0.25) is 0 Å². The Kier molecular flexibility index (Phi) is 8.96. The molecule has 0 saturated carbocycles. The van der Waals surface area contributed by atoms with E-state index in [2.05, 4.69) is 41.0 Å². The maximum absolute atomic E-state index is 10.6. The van der Waals surface area contributed by atoms with Crippen LogP contribution in [0, 0.1) is 6.92 Å². The van der Waals surface area contributed by atoms with Gasteiger partial charge in [0.05, 0.1) is 20.3 Å². The van der Waals surface area contributed by atoms with Gasteiger partial charge in [-0.25, -0.2) is 0 Å². The Morgan fingerprint density at radius 3 is 2.47 bits per heavy atom. The Bertz CT molecular complexity index is 747. The monoisotopic (exact) mass is 414 g/mol. The summed E-state index contributed by atoms with van der Waals surface area (Å²) in [5.41, 5.74) is 2.57. The molecule has 164 valence electrons. The first-order chi connectivity index (χ1) is 14.6. The third kappa shape index (κ3) is 7.29. The van der Waals surface area contributed by atoms with E-state index in [0.29, 0.717) is 6.54 Å². The fraction of sp³-hybridized carbons (Fsp3) is 0.500. The summed E-state index contributed by atoms with van der Waals surface area (Å²) in [6.45, 7) is 9.20. The molecule has 30 heavy (non-hydrogen) atoms. The van der Waals surface area contributed by atoms with Gasteiger partial charge < -0.3 is 19.3 Å². The second kappa shape index (κ2) is 11.9. The SMILES string of the molecule is COc1ccc(OCC(O)CN(CCN2CCOCC2)Cc2ccccc2C)cc1. The van der Waals surface area contributed by atoms with Gasteiger partial charge in [-0.15, -0.1) is 0 Å². The average Bonchev–Trinajstić information content (AvgIpc) is 2.78. The van der Waals surface area contributed by atoms with Crippen LogP contribution in [0.15, 0.2) is 48.5 Å². The van der Waals surface area contributed by atoms with E-state index in [1.54, 1.807) is 7.11 Å². The first-order valence-corrected chi connectivity index (χ1v) is 10.7. The summed E-state index contributed by atoms with van der Waals surface area (Å²) < 4.78 is 16.4. The predicted molar refractivity (Wildman–Crippen MR) is 118 cm³/mol. The Morgan fingerprint density at radius 2 is 1.77 bits per heavy atom. The van der Waals surface area contributed by atoms with Crippen molar-refractivity contribution in [3.05, 3.63) is 59.7 Å². The Balaban J connectivity index is 1.54. The summed E-state index contributed by atoms with van der Waals surface area (Å²) in [4.78, 5) is 4.74. The van der Waals surface area contributed by atoms with Crippen LogP contribution in [0.25, 0.3) is 0 Å². The van der Waals surface area contributed by atoms with Crippen LogP contribution >= 0.6 is 0 Å². The molecule has 1 heterocycles. The summed E-state index contributed by atoms with van der Waals surface area (Å²) >= 11 is 0. The van der Waals surface area contributed by atoms with Crippen LogP contribution in [-0.4, -0.2) is 80.7 Å². The molecule has 1 unspecified atom stereocenters. The maximum atomic E-state index is 10.6. The molecule has 1 aliphatic rings. The topological polar surface area (TPSA) is 54.4 Å². The molecule has 0 aliphatic carbocycles. The molecular formula is C24H34N2O4. The van der Waals surface area contributed by atoms with Crippen molar-refractivity contribution in [2.45, 2.75) is 19.6 Å². The molecule has 1 saturated heterocycles. The number of ether oxygens (including phenoxy) is 3. The minimum absolute atomic E-state index is 0.258.